The minimum atomic E-state index is -4.05. The summed E-state index contributed by atoms with van der Waals surface area (Å²) in [5.41, 5.74) is 0. The third kappa shape index (κ3) is 3.23. The minimum Gasteiger partial charge on any atom is -0.282 e. The Bertz CT molecular complexity index is 344. The molecule has 0 aliphatic rings. The predicted octanol–water partition coefficient (Wildman–Crippen LogP) is 1.22. The molecule has 0 radical (unpaired) electrons. The Morgan fingerprint density at radius 3 is 1.92 bits per heavy atom. The second-order valence-corrected chi connectivity index (χ2v) is 3.91. The van der Waals surface area contributed by atoms with Gasteiger partial charge in [-0.1, -0.05) is 0 Å². The first-order valence-corrected chi connectivity index (χ1v) is 4.65. The molecule has 0 aromatic heterocycles. The molecule has 1 aromatic carbocycles. The van der Waals surface area contributed by atoms with Crippen molar-refractivity contribution in [3.63, 3.8) is 0 Å². The van der Waals surface area contributed by atoms with Gasteiger partial charge in [-0.25, -0.2) is 0 Å². The molecule has 0 bridgehead atoms. The van der Waals surface area contributed by atoms with Crippen molar-refractivity contribution < 1.29 is 32.4 Å². The third-order valence-corrected chi connectivity index (χ3v) is 2.30. The van der Waals surface area contributed by atoms with Crippen LogP contribution >= 0.6 is 12.6 Å². The summed E-state index contributed by atoms with van der Waals surface area (Å²) in [6, 6.07) is 5.56. The zero-order chi connectivity index (χ0) is 8.48. The molecule has 0 saturated carbocycles. The third-order valence-electron chi connectivity index (χ3n) is 1.13. The van der Waals surface area contributed by atoms with E-state index in [0.29, 0.717) is 4.90 Å². The van der Waals surface area contributed by atoms with Crippen LogP contribution in [-0.2, 0) is 29.6 Å². The van der Waals surface area contributed by atoms with E-state index in [1.54, 1.807) is 0 Å². The Balaban J connectivity index is 0.00000121. The molecule has 0 amide bonds. The Morgan fingerprint density at radius 1 is 1.17 bits per heavy atom. The molecule has 0 aliphatic heterocycles. The van der Waals surface area contributed by atoms with E-state index >= 15 is 0 Å². The molecule has 12 heavy (non-hydrogen) atoms. The molecule has 1 aromatic rings. The second kappa shape index (κ2) is 4.37. The van der Waals surface area contributed by atoms with Gasteiger partial charge >= 0.3 is 19.5 Å². The normalized spacial score (nSPS) is 10.5. The van der Waals surface area contributed by atoms with Crippen LogP contribution in [0.2, 0.25) is 0 Å². The van der Waals surface area contributed by atoms with Gasteiger partial charge in [0.05, 0.1) is 4.90 Å². The Hall–Kier alpha value is 0.103. The van der Waals surface area contributed by atoms with E-state index in [2.05, 4.69) is 12.6 Å². The fourth-order valence-corrected chi connectivity index (χ4v) is 1.25. The molecule has 6 heteroatoms. The quantitative estimate of drug-likeness (QED) is 0.451. The van der Waals surface area contributed by atoms with E-state index in [0.717, 1.165) is 0 Å². The van der Waals surface area contributed by atoms with Crippen LogP contribution in [0.3, 0.4) is 0 Å². The maximum atomic E-state index is 10.5. The van der Waals surface area contributed by atoms with Crippen molar-refractivity contribution in [2.45, 2.75) is 9.79 Å². The van der Waals surface area contributed by atoms with E-state index in [1.807, 2.05) is 0 Å². The summed E-state index contributed by atoms with van der Waals surface area (Å²) in [5, 5.41) is 0. The van der Waals surface area contributed by atoms with E-state index < -0.39 is 10.1 Å². The second-order valence-electron chi connectivity index (χ2n) is 1.97. The van der Waals surface area contributed by atoms with Crippen LogP contribution in [0.15, 0.2) is 34.1 Å². The SMILES string of the molecule is O=S(=O)(O)c1ccc(S)cc1.[Zn+2]. The van der Waals surface area contributed by atoms with E-state index in [9.17, 15) is 8.42 Å². The summed E-state index contributed by atoms with van der Waals surface area (Å²) in [5.74, 6) is 0. The van der Waals surface area contributed by atoms with Crippen molar-refractivity contribution in [3.8, 4) is 0 Å². The molecule has 3 nitrogen and oxygen atoms in total. The largest absolute Gasteiger partial charge is 2.00 e. The first-order chi connectivity index (χ1) is 5.00. The van der Waals surface area contributed by atoms with Crippen molar-refractivity contribution in [2.24, 2.45) is 0 Å². The summed E-state index contributed by atoms with van der Waals surface area (Å²) < 4.78 is 29.5. The summed E-state index contributed by atoms with van der Waals surface area (Å²) in [6.07, 6.45) is 0. The average molecular weight is 256 g/mol. The van der Waals surface area contributed by atoms with Crippen molar-refractivity contribution in [1.29, 1.82) is 0 Å². The number of rotatable bonds is 1. The first kappa shape index (κ1) is 12.1. The zero-order valence-corrected chi connectivity index (χ0v) is 10.8. The van der Waals surface area contributed by atoms with Gasteiger partial charge in [0.25, 0.3) is 10.1 Å². The molecular formula is C6H6O3S2Zn+2. The van der Waals surface area contributed by atoms with Gasteiger partial charge in [-0.2, -0.15) is 8.42 Å². The summed E-state index contributed by atoms with van der Waals surface area (Å²) in [6.45, 7) is 0. The van der Waals surface area contributed by atoms with Gasteiger partial charge in [-0.3, -0.25) is 4.55 Å². The van der Waals surface area contributed by atoms with Gasteiger partial charge in [0.1, 0.15) is 0 Å². The molecule has 0 aliphatic carbocycles. The molecule has 60 valence electrons. The fraction of sp³-hybridized carbons (Fsp3) is 0. The summed E-state index contributed by atoms with van der Waals surface area (Å²) >= 11 is 3.95. The van der Waals surface area contributed by atoms with Gasteiger partial charge in [-0.05, 0) is 24.3 Å². The van der Waals surface area contributed by atoms with Crippen LogP contribution in [-0.4, -0.2) is 13.0 Å². The predicted molar refractivity (Wildman–Crippen MR) is 43.5 cm³/mol. The summed E-state index contributed by atoms with van der Waals surface area (Å²) in [4.78, 5) is 0.535. The molecule has 0 saturated heterocycles. The molecule has 0 spiro atoms. The number of thiol groups is 1. The van der Waals surface area contributed by atoms with Crippen LogP contribution in [0.4, 0.5) is 0 Å². The Morgan fingerprint density at radius 2 is 1.58 bits per heavy atom. The van der Waals surface area contributed by atoms with Gasteiger partial charge in [-0.15, -0.1) is 12.6 Å². The van der Waals surface area contributed by atoms with Crippen molar-refractivity contribution >= 4 is 22.7 Å². The van der Waals surface area contributed by atoms with Crippen LogP contribution < -0.4 is 0 Å². The minimum absolute atomic E-state index is 0. The maximum absolute atomic E-state index is 10.5. The van der Waals surface area contributed by atoms with Crippen LogP contribution in [0, 0.1) is 0 Å². The molecule has 0 fully saturated rings. The average Bonchev–Trinajstić information content (AvgIpc) is 1.86. The van der Waals surface area contributed by atoms with Gasteiger partial charge in [0.15, 0.2) is 0 Å². The van der Waals surface area contributed by atoms with Crippen LogP contribution in [0.5, 0.6) is 0 Å². The van der Waals surface area contributed by atoms with Crippen LogP contribution in [0.1, 0.15) is 0 Å². The van der Waals surface area contributed by atoms with Gasteiger partial charge < -0.3 is 0 Å². The standard InChI is InChI=1S/C6H6O3S2.Zn/c7-11(8,9)6-3-1-5(10)2-4-6;/h1-4,10H,(H,7,8,9);/q;+2. The van der Waals surface area contributed by atoms with E-state index in [4.69, 9.17) is 4.55 Å². The molecule has 1 rings (SSSR count). The Kier molecular flexibility index (Phi) is 4.41. The van der Waals surface area contributed by atoms with Gasteiger partial charge in [0.2, 0.25) is 0 Å². The number of hydrogen-bond donors (Lipinski definition) is 2. The summed E-state index contributed by atoms with van der Waals surface area (Å²) in [7, 11) is -4.05. The molecule has 0 atom stereocenters. The Labute approximate surface area is 89.1 Å². The molecular weight excluding hydrogens is 250 g/mol. The van der Waals surface area contributed by atoms with Crippen molar-refractivity contribution in [2.75, 3.05) is 0 Å². The molecule has 0 unspecified atom stereocenters. The number of hydrogen-bond acceptors (Lipinski definition) is 3. The van der Waals surface area contributed by atoms with Crippen molar-refractivity contribution in [3.05, 3.63) is 24.3 Å². The maximum Gasteiger partial charge on any atom is 2.00 e. The van der Waals surface area contributed by atoms with Crippen LogP contribution in [0.25, 0.3) is 0 Å². The molecule has 1 N–H and O–H groups in total. The fourth-order valence-electron chi connectivity index (χ4n) is 0.618. The smallest absolute Gasteiger partial charge is 0.282 e. The van der Waals surface area contributed by atoms with Crippen molar-refractivity contribution in [1.82, 2.24) is 0 Å². The first-order valence-electron chi connectivity index (χ1n) is 2.77. The van der Waals surface area contributed by atoms with E-state index in [1.165, 1.54) is 24.3 Å². The van der Waals surface area contributed by atoms with Gasteiger partial charge in [0, 0.05) is 4.90 Å². The monoisotopic (exact) mass is 254 g/mol. The number of benzene rings is 1. The topological polar surface area (TPSA) is 54.4 Å². The zero-order valence-electron chi connectivity index (χ0n) is 6.14. The molecule has 0 heterocycles. The van der Waals surface area contributed by atoms with E-state index in [-0.39, 0.29) is 24.4 Å².